The highest BCUT2D eigenvalue weighted by molar-refractivity contribution is 7.22. The molecule has 3 aromatic carbocycles. The monoisotopic (exact) mass is 608 g/mol. The average Bonchev–Trinajstić information content (AvgIpc) is 3.52. The fraction of sp³-hybridized carbons (Fsp3) is 0.257. The quantitative estimate of drug-likeness (QED) is 0.188. The molecule has 0 N–H and O–H groups in total. The Morgan fingerprint density at radius 2 is 1.70 bits per heavy atom. The van der Waals surface area contributed by atoms with Crippen LogP contribution in [0.15, 0.2) is 67.0 Å². The molecule has 0 spiro atoms. The molecule has 0 aliphatic heterocycles. The van der Waals surface area contributed by atoms with Crippen LogP contribution in [0.2, 0.25) is 5.02 Å². The maximum Gasteiger partial charge on any atom is 0.163 e. The molecule has 0 fully saturated rings. The van der Waals surface area contributed by atoms with Gasteiger partial charge in [-0.1, -0.05) is 23.7 Å². The number of carbonyl (C=O) groups is 1. The molecule has 0 saturated heterocycles. The summed E-state index contributed by atoms with van der Waals surface area (Å²) in [6.45, 7) is 11.6. The number of nitrogens with zero attached hydrogens (tertiary/aromatic N) is 4. The van der Waals surface area contributed by atoms with Crippen LogP contribution in [-0.2, 0) is 16.6 Å². The van der Waals surface area contributed by atoms with E-state index in [4.69, 9.17) is 26.3 Å². The minimum absolute atomic E-state index is 0.0444. The van der Waals surface area contributed by atoms with Crippen molar-refractivity contribution in [2.75, 3.05) is 0 Å². The van der Waals surface area contributed by atoms with E-state index in [0.29, 0.717) is 5.02 Å². The first-order valence-corrected chi connectivity index (χ1v) is 15.4. The number of hydrogen-bond acceptors (Lipinski definition) is 6. The third-order valence-electron chi connectivity index (χ3n) is 7.41. The second kappa shape index (κ2) is 11.0. The number of halogens is 1. The number of carbonyl (C=O) groups excluding carboxylic acids is 1. The maximum absolute atomic E-state index is 13.1. The lowest BCUT2D eigenvalue weighted by molar-refractivity contribution is -0.138. The van der Waals surface area contributed by atoms with E-state index >= 15 is 0 Å². The first kappa shape index (κ1) is 29.2. The summed E-state index contributed by atoms with van der Waals surface area (Å²) < 4.78 is 9.22. The van der Waals surface area contributed by atoms with Gasteiger partial charge in [0.05, 0.1) is 27.0 Å². The first-order valence-electron chi connectivity index (χ1n) is 14.2. The van der Waals surface area contributed by atoms with E-state index in [1.165, 1.54) is 0 Å². The van der Waals surface area contributed by atoms with Crippen molar-refractivity contribution in [2.45, 2.75) is 53.2 Å². The highest BCUT2D eigenvalue weighted by Gasteiger charge is 2.30. The SMILES string of the molecule is CC(=O)[C@@H](OC(C)(C)C)c1c(C)cc2nc(-c3ccnc(-c4cc5cn(C)nc5cc4C)c3)sc2c1-c1ccc(Cl)cc1. The molecule has 3 aromatic heterocycles. The van der Waals surface area contributed by atoms with E-state index in [-0.39, 0.29) is 5.78 Å². The summed E-state index contributed by atoms with van der Waals surface area (Å²) in [5.41, 5.74) is 9.08. The van der Waals surface area contributed by atoms with Crippen molar-refractivity contribution in [3.8, 4) is 33.0 Å². The Labute approximate surface area is 260 Å². The predicted octanol–water partition coefficient (Wildman–Crippen LogP) is 9.29. The normalized spacial score (nSPS) is 12.7. The Balaban J connectivity index is 1.54. The van der Waals surface area contributed by atoms with Crippen LogP contribution in [0.4, 0.5) is 0 Å². The molecule has 6 aromatic rings. The van der Waals surface area contributed by atoms with Gasteiger partial charge in [-0.15, -0.1) is 11.3 Å². The summed E-state index contributed by atoms with van der Waals surface area (Å²) >= 11 is 7.89. The van der Waals surface area contributed by atoms with Gasteiger partial charge in [0.25, 0.3) is 0 Å². The van der Waals surface area contributed by atoms with E-state index in [9.17, 15) is 4.79 Å². The van der Waals surface area contributed by atoms with Gasteiger partial charge >= 0.3 is 0 Å². The van der Waals surface area contributed by atoms with Gasteiger partial charge in [-0.2, -0.15) is 5.10 Å². The highest BCUT2D eigenvalue weighted by atomic mass is 35.5. The Morgan fingerprint density at radius 3 is 2.40 bits per heavy atom. The third kappa shape index (κ3) is 5.73. The standard InChI is InChI=1S/C35H33ClN4O2S/c1-19-14-27-24(18-40(7)39-27)16-26(19)28-17-23(12-13-37-28)34-38-29-15-20(2)30(32(21(3)41)42-35(4,5)6)31(33(29)43-34)22-8-10-25(36)11-9-22/h8-18,32H,1-7H3/t32-/m1/s1. The molecule has 8 heteroatoms. The lowest BCUT2D eigenvalue weighted by Gasteiger charge is -2.29. The summed E-state index contributed by atoms with van der Waals surface area (Å²) in [5.74, 6) is -0.0444. The van der Waals surface area contributed by atoms with Crippen LogP contribution in [0.3, 0.4) is 0 Å². The minimum atomic E-state index is -0.724. The molecule has 0 amide bonds. The number of aryl methyl sites for hydroxylation is 3. The summed E-state index contributed by atoms with van der Waals surface area (Å²) in [7, 11) is 1.93. The van der Waals surface area contributed by atoms with Gasteiger partial charge in [0.2, 0.25) is 0 Å². The number of benzene rings is 3. The Kier molecular flexibility index (Phi) is 7.45. The fourth-order valence-electron chi connectivity index (χ4n) is 5.56. The molecule has 1 atom stereocenters. The fourth-order valence-corrected chi connectivity index (χ4v) is 6.81. The first-order chi connectivity index (χ1) is 20.4. The zero-order valence-electron chi connectivity index (χ0n) is 25.3. The largest absolute Gasteiger partial charge is 0.360 e. The van der Waals surface area contributed by atoms with Crippen molar-refractivity contribution < 1.29 is 9.53 Å². The molecular weight excluding hydrogens is 576 g/mol. The van der Waals surface area contributed by atoms with E-state index in [1.54, 1.807) is 18.3 Å². The van der Waals surface area contributed by atoms with Gasteiger partial charge < -0.3 is 4.74 Å². The van der Waals surface area contributed by atoms with Crippen molar-refractivity contribution >= 4 is 49.8 Å². The summed E-state index contributed by atoms with van der Waals surface area (Å²) in [6, 6.07) is 18.1. The van der Waals surface area contributed by atoms with Crippen LogP contribution >= 0.6 is 22.9 Å². The molecule has 0 radical (unpaired) electrons. The number of hydrogen-bond donors (Lipinski definition) is 0. The van der Waals surface area contributed by atoms with Crippen LogP contribution in [0.5, 0.6) is 0 Å². The number of aromatic nitrogens is 4. The predicted molar refractivity (Wildman–Crippen MR) is 177 cm³/mol. The van der Waals surface area contributed by atoms with Crippen LogP contribution in [0.1, 0.15) is 50.5 Å². The number of rotatable bonds is 6. The van der Waals surface area contributed by atoms with Crippen molar-refractivity contribution in [1.82, 2.24) is 19.7 Å². The molecule has 0 bridgehead atoms. The topological polar surface area (TPSA) is 69.9 Å². The van der Waals surface area contributed by atoms with Gasteiger partial charge in [-0.05, 0) is 101 Å². The lowest BCUT2D eigenvalue weighted by atomic mass is 9.90. The molecule has 6 rings (SSSR count). The van der Waals surface area contributed by atoms with E-state index < -0.39 is 11.7 Å². The van der Waals surface area contributed by atoms with Gasteiger partial charge in [-0.25, -0.2) is 4.98 Å². The number of pyridine rings is 1. The number of ketones is 1. The summed E-state index contributed by atoms with van der Waals surface area (Å²) in [5, 5.41) is 7.14. The Hall–Kier alpha value is -3.91. The second-order valence-electron chi connectivity index (χ2n) is 12.0. The third-order valence-corrected chi connectivity index (χ3v) is 8.80. The number of fused-ring (bicyclic) bond motifs is 2. The van der Waals surface area contributed by atoms with E-state index in [1.807, 2.05) is 82.1 Å². The number of thiazole rings is 1. The smallest absolute Gasteiger partial charge is 0.163 e. The molecular formula is C35H33ClN4O2S. The Morgan fingerprint density at radius 1 is 0.977 bits per heavy atom. The van der Waals surface area contributed by atoms with Gasteiger partial charge in [0.1, 0.15) is 11.1 Å². The molecule has 0 saturated carbocycles. The van der Waals surface area contributed by atoms with Crippen LogP contribution < -0.4 is 0 Å². The second-order valence-corrected chi connectivity index (χ2v) is 13.5. The summed E-state index contributed by atoms with van der Waals surface area (Å²) in [4.78, 5) is 22.9. The molecule has 3 heterocycles. The van der Waals surface area contributed by atoms with Crippen LogP contribution in [-0.4, -0.2) is 31.1 Å². The molecule has 0 unspecified atom stereocenters. The maximum atomic E-state index is 13.1. The highest BCUT2D eigenvalue weighted by Crippen LogP contribution is 2.45. The zero-order valence-corrected chi connectivity index (χ0v) is 26.9. The number of Topliss-reactive ketones (excluding diaryl/α,β-unsaturated/α-hetero) is 1. The van der Waals surface area contributed by atoms with Gasteiger partial charge in [-0.3, -0.25) is 14.5 Å². The van der Waals surface area contributed by atoms with Crippen molar-refractivity contribution in [1.29, 1.82) is 0 Å². The van der Waals surface area contributed by atoms with Crippen molar-refractivity contribution in [3.05, 3.63) is 88.7 Å². The van der Waals surface area contributed by atoms with Crippen molar-refractivity contribution in [3.63, 3.8) is 0 Å². The Bertz CT molecular complexity index is 2020. The zero-order chi connectivity index (χ0) is 30.6. The molecule has 0 aliphatic rings. The molecule has 43 heavy (non-hydrogen) atoms. The minimum Gasteiger partial charge on any atom is -0.360 e. The lowest BCUT2D eigenvalue weighted by Crippen LogP contribution is -2.27. The number of ether oxygens (including phenoxy) is 1. The van der Waals surface area contributed by atoms with E-state index in [2.05, 4.69) is 36.3 Å². The average molecular weight is 609 g/mol. The van der Waals surface area contributed by atoms with Gasteiger partial charge in [0, 0.05) is 52.1 Å². The van der Waals surface area contributed by atoms with Crippen LogP contribution in [0, 0.1) is 13.8 Å². The molecule has 0 aliphatic carbocycles. The molecule has 6 nitrogen and oxygen atoms in total. The van der Waals surface area contributed by atoms with Crippen molar-refractivity contribution in [2.24, 2.45) is 7.05 Å². The molecule has 218 valence electrons. The summed E-state index contributed by atoms with van der Waals surface area (Å²) in [6.07, 6.45) is 3.13. The van der Waals surface area contributed by atoms with Gasteiger partial charge in [0.15, 0.2) is 5.78 Å². The van der Waals surface area contributed by atoms with E-state index in [0.717, 1.165) is 70.8 Å². The van der Waals surface area contributed by atoms with Crippen LogP contribution in [0.25, 0.3) is 54.1 Å².